The fourth-order valence-corrected chi connectivity index (χ4v) is 1.65. The third kappa shape index (κ3) is 3.02. The van der Waals surface area contributed by atoms with Gasteiger partial charge >= 0.3 is 0 Å². The molecule has 17 heavy (non-hydrogen) atoms. The lowest BCUT2D eigenvalue weighted by Gasteiger charge is -2.10. The van der Waals surface area contributed by atoms with Gasteiger partial charge in [0.15, 0.2) is 0 Å². The zero-order valence-electron chi connectivity index (χ0n) is 9.08. The van der Waals surface area contributed by atoms with Gasteiger partial charge in [-0.05, 0) is 30.3 Å². The van der Waals surface area contributed by atoms with Crippen LogP contribution in [0.3, 0.4) is 0 Å². The minimum absolute atomic E-state index is 0.591. The number of anilines is 2. The smallest absolute Gasteiger partial charge is 0.142 e. The minimum atomic E-state index is 0.591. The molecule has 0 atom stereocenters. The number of hydrogen-bond donors (Lipinski definition) is 1. The standard InChI is InChI=1S/C12H10Cl2N2O/c1-17-11-4-2-8(13)6-10(11)16-12-5-3-9(14)7-15-12/h2-7H,1H3,(H,15,16). The molecule has 1 aromatic carbocycles. The van der Waals surface area contributed by atoms with Gasteiger partial charge in [-0.15, -0.1) is 0 Å². The maximum Gasteiger partial charge on any atom is 0.142 e. The molecule has 2 rings (SSSR count). The number of nitrogens with one attached hydrogen (secondary N) is 1. The van der Waals surface area contributed by atoms with Crippen LogP contribution >= 0.6 is 23.2 Å². The van der Waals surface area contributed by atoms with Gasteiger partial charge in [-0.25, -0.2) is 4.98 Å². The molecule has 1 N–H and O–H groups in total. The summed E-state index contributed by atoms with van der Waals surface area (Å²) in [6.07, 6.45) is 1.57. The summed E-state index contributed by atoms with van der Waals surface area (Å²) >= 11 is 11.7. The van der Waals surface area contributed by atoms with E-state index in [1.165, 1.54) is 0 Å². The van der Waals surface area contributed by atoms with Gasteiger partial charge in [0.25, 0.3) is 0 Å². The molecule has 0 fully saturated rings. The van der Waals surface area contributed by atoms with Crippen molar-refractivity contribution in [2.45, 2.75) is 0 Å². The van der Waals surface area contributed by atoms with Crippen LogP contribution in [0.5, 0.6) is 5.75 Å². The SMILES string of the molecule is COc1ccc(Cl)cc1Nc1ccc(Cl)cn1. The second-order valence-electron chi connectivity index (χ2n) is 3.33. The Balaban J connectivity index is 2.28. The summed E-state index contributed by atoms with van der Waals surface area (Å²) < 4.78 is 5.22. The van der Waals surface area contributed by atoms with E-state index in [-0.39, 0.29) is 0 Å². The Morgan fingerprint density at radius 1 is 1.12 bits per heavy atom. The fourth-order valence-electron chi connectivity index (χ4n) is 1.37. The van der Waals surface area contributed by atoms with Crippen LogP contribution in [0.25, 0.3) is 0 Å². The van der Waals surface area contributed by atoms with E-state index in [0.717, 1.165) is 5.69 Å². The molecule has 0 saturated heterocycles. The summed E-state index contributed by atoms with van der Waals surface area (Å²) in [5.41, 5.74) is 0.759. The molecule has 0 bridgehead atoms. The van der Waals surface area contributed by atoms with E-state index in [9.17, 15) is 0 Å². The van der Waals surface area contributed by atoms with Crippen LogP contribution in [0.2, 0.25) is 10.0 Å². The number of halogens is 2. The highest BCUT2D eigenvalue weighted by Crippen LogP contribution is 2.29. The molecule has 0 unspecified atom stereocenters. The Bertz CT molecular complexity index is 514. The number of benzene rings is 1. The molecule has 5 heteroatoms. The summed E-state index contributed by atoms with van der Waals surface area (Å²) in [7, 11) is 1.60. The monoisotopic (exact) mass is 268 g/mol. The van der Waals surface area contributed by atoms with Crippen molar-refractivity contribution >= 4 is 34.7 Å². The van der Waals surface area contributed by atoms with Crippen LogP contribution in [0.4, 0.5) is 11.5 Å². The Morgan fingerprint density at radius 3 is 2.53 bits per heavy atom. The normalized spacial score (nSPS) is 10.1. The first-order chi connectivity index (χ1) is 8.19. The lowest BCUT2D eigenvalue weighted by Crippen LogP contribution is -1.96. The molecule has 2 aromatic rings. The Kier molecular flexibility index (Phi) is 3.71. The Hall–Kier alpha value is -1.45. The summed E-state index contributed by atoms with van der Waals surface area (Å²) in [5, 5.41) is 4.33. The van der Waals surface area contributed by atoms with Crippen LogP contribution in [-0.4, -0.2) is 12.1 Å². The van der Waals surface area contributed by atoms with Gasteiger partial charge in [0.1, 0.15) is 11.6 Å². The summed E-state index contributed by atoms with van der Waals surface area (Å²) in [6.45, 7) is 0. The number of methoxy groups -OCH3 is 1. The van der Waals surface area contributed by atoms with E-state index in [0.29, 0.717) is 21.6 Å². The number of aromatic nitrogens is 1. The molecule has 0 aliphatic rings. The molecule has 3 nitrogen and oxygen atoms in total. The topological polar surface area (TPSA) is 34.1 Å². The van der Waals surface area contributed by atoms with Crippen molar-refractivity contribution in [1.29, 1.82) is 0 Å². The highest BCUT2D eigenvalue weighted by molar-refractivity contribution is 6.31. The summed E-state index contributed by atoms with van der Waals surface area (Å²) in [6, 6.07) is 8.87. The molecule has 1 aromatic heterocycles. The van der Waals surface area contributed by atoms with E-state index in [1.54, 1.807) is 43.6 Å². The van der Waals surface area contributed by atoms with Crippen molar-refractivity contribution in [2.75, 3.05) is 12.4 Å². The third-order valence-corrected chi connectivity index (χ3v) is 2.61. The van der Waals surface area contributed by atoms with Crippen molar-refractivity contribution in [3.8, 4) is 5.75 Å². The van der Waals surface area contributed by atoms with E-state index < -0.39 is 0 Å². The number of rotatable bonds is 3. The number of pyridine rings is 1. The highest BCUT2D eigenvalue weighted by atomic mass is 35.5. The first-order valence-electron chi connectivity index (χ1n) is 4.91. The zero-order valence-corrected chi connectivity index (χ0v) is 10.6. The lowest BCUT2D eigenvalue weighted by molar-refractivity contribution is 0.417. The van der Waals surface area contributed by atoms with Gasteiger partial charge in [0.05, 0.1) is 17.8 Å². The fraction of sp³-hybridized carbons (Fsp3) is 0.0833. The number of ether oxygens (including phenoxy) is 1. The first kappa shape index (κ1) is 12.0. The van der Waals surface area contributed by atoms with Crippen LogP contribution in [0.1, 0.15) is 0 Å². The van der Waals surface area contributed by atoms with Crippen molar-refractivity contribution in [3.05, 3.63) is 46.6 Å². The van der Waals surface area contributed by atoms with Crippen molar-refractivity contribution < 1.29 is 4.74 Å². The van der Waals surface area contributed by atoms with E-state index >= 15 is 0 Å². The van der Waals surface area contributed by atoms with E-state index in [4.69, 9.17) is 27.9 Å². The van der Waals surface area contributed by atoms with E-state index in [2.05, 4.69) is 10.3 Å². The third-order valence-electron chi connectivity index (χ3n) is 2.15. The summed E-state index contributed by atoms with van der Waals surface area (Å²) in [5.74, 6) is 1.38. The minimum Gasteiger partial charge on any atom is -0.495 e. The Labute approximate surface area is 109 Å². The zero-order chi connectivity index (χ0) is 12.3. The number of hydrogen-bond acceptors (Lipinski definition) is 3. The second kappa shape index (κ2) is 5.25. The molecule has 1 heterocycles. The predicted octanol–water partition coefficient (Wildman–Crippen LogP) is 4.14. The maximum absolute atomic E-state index is 5.93. The van der Waals surface area contributed by atoms with Gasteiger partial charge in [0, 0.05) is 11.2 Å². The lowest BCUT2D eigenvalue weighted by atomic mass is 10.3. The van der Waals surface area contributed by atoms with Gasteiger partial charge in [-0.1, -0.05) is 23.2 Å². The van der Waals surface area contributed by atoms with Crippen molar-refractivity contribution in [1.82, 2.24) is 4.98 Å². The van der Waals surface area contributed by atoms with Gasteiger partial charge < -0.3 is 10.1 Å². The van der Waals surface area contributed by atoms with Gasteiger partial charge in [-0.3, -0.25) is 0 Å². The van der Waals surface area contributed by atoms with Crippen LogP contribution < -0.4 is 10.1 Å². The van der Waals surface area contributed by atoms with Crippen LogP contribution in [0, 0.1) is 0 Å². The summed E-state index contributed by atoms with van der Waals surface area (Å²) in [4.78, 5) is 4.14. The van der Waals surface area contributed by atoms with Crippen LogP contribution in [0.15, 0.2) is 36.5 Å². The predicted molar refractivity (Wildman–Crippen MR) is 70.5 cm³/mol. The quantitative estimate of drug-likeness (QED) is 0.909. The molecule has 0 saturated carbocycles. The molecular formula is C12H10Cl2N2O. The second-order valence-corrected chi connectivity index (χ2v) is 4.20. The molecule has 0 amide bonds. The first-order valence-corrected chi connectivity index (χ1v) is 5.67. The number of nitrogens with zero attached hydrogens (tertiary/aromatic N) is 1. The average molecular weight is 269 g/mol. The molecule has 0 aliphatic carbocycles. The van der Waals surface area contributed by atoms with Crippen molar-refractivity contribution in [3.63, 3.8) is 0 Å². The van der Waals surface area contributed by atoms with Gasteiger partial charge in [-0.2, -0.15) is 0 Å². The molecular weight excluding hydrogens is 259 g/mol. The van der Waals surface area contributed by atoms with Crippen molar-refractivity contribution in [2.24, 2.45) is 0 Å². The maximum atomic E-state index is 5.93. The van der Waals surface area contributed by atoms with Crippen LogP contribution in [-0.2, 0) is 0 Å². The average Bonchev–Trinajstić information content (AvgIpc) is 2.32. The molecule has 0 spiro atoms. The van der Waals surface area contributed by atoms with E-state index in [1.807, 2.05) is 0 Å². The Morgan fingerprint density at radius 2 is 1.88 bits per heavy atom. The van der Waals surface area contributed by atoms with Gasteiger partial charge in [0.2, 0.25) is 0 Å². The molecule has 0 aliphatic heterocycles. The molecule has 88 valence electrons. The largest absolute Gasteiger partial charge is 0.495 e. The highest BCUT2D eigenvalue weighted by Gasteiger charge is 2.04. The molecule has 0 radical (unpaired) electrons.